The molecule has 1 N–H and O–H groups in total. The Labute approximate surface area is 106 Å². The van der Waals surface area contributed by atoms with Crippen molar-refractivity contribution in [2.45, 2.75) is 6.54 Å². The van der Waals surface area contributed by atoms with Crippen molar-refractivity contribution in [2.24, 2.45) is 7.05 Å². The Hall–Kier alpha value is -2.48. The first-order valence-corrected chi connectivity index (χ1v) is 5.60. The van der Waals surface area contributed by atoms with E-state index in [-0.39, 0.29) is 6.61 Å². The Bertz CT molecular complexity index is 556. The molecule has 0 saturated heterocycles. The van der Waals surface area contributed by atoms with Crippen molar-refractivity contribution in [1.29, 1.82) is 5.26 Å². The molecule has 1 aromatic heterocycles. The van der Waals surface area contributed by atoms with E-state index in [1.54, 1.807) is 4.68 Å². The lowest BCUT2D eigenvalue weighted by molar-refractivity contribution is 0.368. The van der Waals surface area contributed by atoms with Gasteiger partial charge in [-0.1, -0.05) is 12.1 Å². The fraction of sp³-hybridized carbons (Fsp3) is 0.231. The second-order valence-corrected chi connectivity index (χ2v) is 3.82. The molecule has 0 unspecified atom stereocenters. The molecule has 5 nitrogen and oxygen atoms in total. The lowest BCUT2D eigenvalue weighted by Gasteiger charge is -2.06. The van der Waals surface area contributed by atoms with Crippen LogP contribution in [0.3, 0.4) is 0 Å². The van der Waals surface area contributed by atoms with E-state index in [9.17, 15) is 0 Å². The minimum Gasteiger partial charge on any atom is -0.479 e. The topological polar surface area (TPSA) is 62.9 Å². The highest BCUT2D eigenvalue weighted by atomic mass is 16.5. The summed E-state index contributed by atoms with van der Waals surface area (Å²) in [5.74, 6) is 1.54. The van der Waals surface area contributed by atoms with Crippen molar-refractivity contribution in [3.8, 4) is 11.8 Å². The molecular weight excluding hydrogens is 228 g/mol. The molecule has 92 valence electrons. The normalized spacial score (nSPS) is 9.78. The van der Waals surface area contributed by atoms with E-state index in [4.69, 9.17) is 10.00 Å². The molecular formula is C13H14N4O. The van der Waals surface area contributed by atoms with E-state index in [0.29, 0.717) is 12.3 Å². The van der Waals surface area contributed by atoms with Crippen molar-refractivity contribution in [3.05, 3.63) is 42.1 Å². The number of anilines is 1. The molecule has 1 heterocycles. The van der Waals surface area contributed by atoms with Crippen LogP contribution in [-0.4, -0.2) is 16.4 Å². The number of aromatic nitrogens is 2. The van der Waals surface area contributed by atoms with Gasteiger partial charge in [-0.25, -0.2) is 0 Å². The highest BCUT2D eigenvalue weighted by Gasteiger charge is 1.99. The number of rotatable bonds is 5. The molecule has 0 radical (unpaired) electrons. The lowest BCUT2D eigenvalue weighted by Crippen LogP contribution is -2.01. The van der Waals surface area contributed by atoms with Gasteiger partial charge in [-0.2, -0.15) is 10.4 Å². The molecule has 18 heavy (non-hydrogen) atoms. The first-order valence-electron chi connectivity index (χ1n) is 5.60. The summed E-state index contributed by atoms with van der Waals surface area (Å²) in [6.07, 6.45) is 1.88. The van der Waals surface area contributed by atoms with Crippen LogP contribution < -0.4 is 10.1 Å². The second-order valence-electron chi connectivity index (χ2n) is 3.82. The predicted octanol–water partition coefficient (Wildman–Crippen LogP) is 1.93. The second kappa shape index (κ2) is 5.73. The number of nitrogens with zero attached hydrogens (tertiary/aromatic N) is 3. The maximum atomic E-state index is 8.45. The molecule has 0 aliphatic rings. The Morgan fingerprint density at radius 1 is 1.44 bits per heavy atom. The van der Waals surface area contributed by atoms with Gasteiger partial charge in [0.1, 0.15) is 17.6 Å². The zero-order valence-corrected chi connectivity index (χ0v) is 10.1. The Morgan fingerprint density at radius 3 is 3.06 bits per heavy atom. The molecule has 0 spiro atoms. The van der Waals surface area contributed by atoms with Crippen LogP contribution in [0.1, 0.15) is 5.56 Å². The molecule has 0 bridgehead atoms. The maximum Gasteiger partial charge on any atom is 0.174 e. The molecule has 2 aromatic rings. The van der Waals surface area contributed by atoms with Gasteiger partial charge >= 0.3 is 0 Å². The van der Waals surface area contributed by atoms with Crippen LogP contribution in [0.2, 0.25) is 0 Å². The summed E-state index contributed by atoms with van der Waals surface area (Å²) in [5.41, 5.74) is 1.08. The third kappa shape index (κ3) is 3.25. The number of benzene rings is 1. The van der Waals surface area contributed by atoms with Gasteiger partial charge in [-0.3, -0.25) is 4.68 Å². The van der Waals surface area contributed by atoms with Gasteiger partial charge in [0.25, 0.3) is 0 Å². The fourth-order valence-electron chi connectivity index (χ4n) is 1.56. The number of hydrogen-bond acceptors (Lipinski definition) is 4. The summed E-state index contributed by atoms with van der Waals surface area (Å²) in [7, 11) is 1.88. The third-order valence-electron chi connectivity index (χ3n) is 2.39. The Balaban J connectivity index is 1.95. The van der Waals surface area contributed by atoms with Gasteiger partial charge in [-0.15, -0.1) is 0 Å². The van der Waals surface area contributed by atoms with Gasteiger partial charge in [0.2, 0.25) is 0 Å². The summed E-state index contributed by atoms with van der Waals surface area (Å²) in [6.45, 7) is 0.734. The number of aryl methyl sites for hydroxylation is 1. The van der Waals surface area contributed by atoms with Crippen LogP contribution in [0.25, 0.3) is 0 Å². The van der Waals surface area contributed by atoms with E-state index >= 15 is 0 Å². The van der Waals surface area contributed by atoms with Gasteiger partial charge < -0.3 is 10.1 Å². The smallest absolute Gasteiger partial charge is 0.174 e. The third-order valence-corrected chi connectivity index (χ3v) is 2.39. The number of ether oxygens (including phenoxy) is 1. The van der Waals surface area contributed by atoms with Crippen molar-refractivity contribution < 1.29 is 4.74 Å². The molecule has 1 aromatic carbocycles. The summed E-state index contributed by atoms with van der Waals surface area (Å²) in [5, 5.41) is 15.9. The maximum absolute atomic E-state index is 8.45. The van der Waals surface area contributed by atoms with Crippen LogP contribution in [0.5, 0.6) is 5.75 Å². The fourth-order valence-corrected chi connectivity index (χ4v) is 1.56. The summed E-state index contributed by atoms with van der Waals surface area (Å²) < 4.78 is 6.99. The van der Waals surface area contributed by atoms with E-state index in [1.165, 1.54) is 0 Å². The molecule has 0 saturated carbocycles. The summed E-state index contributed by atoms with van der Waals surface area (Å²) in [4.78, 5) is 0. The van der Waals surface area contributed by atoms with Crippen LogP contribution in [0, 0.1) is 11.3 Å². The van der Waals surface area contributed by atoms with Crippen molar-refractivity contribution in [2.75, 3.05) is 11.9 Å². The molecule has 5 heteroatoms. The molecule has 0 atom stereocenters. The molecule has 0 aliphatic carbocycles. The summed E-state index contributed by atoms with van der Waals surface area (Å²) >= 11 is 0. The number of nitrogens with one attached hydrogen (secondary N) is 1. The van der Waals surface area contributed by atoms with E-state index in [0.717, 1.165) is 11.4 Å². The zero-order chi connectivity index (χ0) is 12.8. The number of nitriles is 1. The predicted molar refractivity (Wildman–Crippen MR) is 68.1 cm³/mol. The standard InChI is InChI=1S/C13H14N4O/c1-17-7-5-13(16-17)15-10-11-3-2-4-12(9-11)18-8-6-14/h2-5,7,9H,8,10H2,1H3,(H,15,16). The zero-order valence-electron chi connectivity index (χ0n) is 10.1. The molecule has 0 aliphatic heterocycles. The highest BCUT2D eigenvalue weighted by molar-refractivity contribution is 5.36. The Kier molecular flexibility index (Phi) is 3.82. The van der Waals surface area contributed by atoms with Crippen molar-refractivity contribution >= 4 is 5.82 Å². The monoisotopic (exact) mass is 242 g/mol. The van der Waals surface area contributed by atoms with Gasteiger partial charge in [0.05, 0.1) is 0 Å². The van der Waals surface area contributed by atoms with Gasteiger partial charge in [0, 0.05) is 25.9 Å². The average Bonchev–Trinajstić information content (AvgIpc) is 2.80. The first kappa shape index (κ1) is 12.0. The van der Waals surface area contributed by atoms with Crippen LogP contribution in [0.4, 0.5) is 5.82 Å². The Morgan fingerprint density at radius 2 is 2.33 bits per heavy atom. The molecule has 0 fully saturated rings. The van der Waals surface area contributed by atoms with Crippen molar-refractivity contribution in [3.63, 3.8) is 0 Å². The molecule has 0 amide bonds. The first-order chi connectivity index (χ1) is 8.78. The largest absolute Gasteiger partial charge is 0.479 e. The lowest BCUT2D eigenvalue weighted by atomic mass is 10.2. The summed E-state index contributed by atoms with van der Waals surface area (Å²) in [6, 6.07) is 11.5. The minimum absolute atomic E-state index is 0.0666. The molecule has 2 rings (SSSR count). The van der Waals surface area contributed by atoms with E-state index < -0.39 is 0 Å². The SMILES string of the molecule is Cn1ccc(NCc2cccc(OCC#N)c2)n1. The van der Waals surface area contributed by atoms with Gasteiger partial charge in [0.15, 0.2) is 6.61 Å². The van der Waals surface area contributed by atoms with Crippen molar-refractivity contribution in [1.82, 2.24) is 9.78 Å². The van der Waals surface area contributed by atoms with Crippen LogP contribution in [0.15, 0.2) is 36.5 Å². The highest BCUT2D eigenvalue weighted by Crippen LogP contribution is 2.14. The number of hydrogen-bond donors (Lipinski definition) is 1. The average molecular weight is 242 g/mol. The van der Waals surface area contributed by atoms with E-state index in [1.807, 2.05) is 49.6 Å². The van der Waals surface area contributed by atoms with E-state index in [2.05, 4.69) is 10.4 Å². The van der Waals surface area contributed by atoms with Crippen LogP contribution in [-0.2, 0) is 13.6 Å². The van der Waals surface area contributed by atoms with Gasteiger partial charge in [-0.05, 0) is 17.7 Å². The van der Waals surface area contributed by atoms with Crippen LogP contribution >= 0.6 is 0 Å². The minimum atomic E-state index is 0.0666. The quantitative estimate of drug-likeness (QED) is 0.870.